The van der Waals surface area contributed by atoms with Crippen molar-refractivity contribution in [2.75, 3.05) is 11.9 Å². The highest BCUT2D eigenvalue weighted by atomic mass is 16.3. The molecule has 3 heteroatoms. The zero-order valence-electron chi connectivity index (χ0n) is 10.4. The molecule has 1 N–H and O–H groups in total. The molecule has 0 aliphatic carbocycles. The maximum Gasteiger partial charge on any atom is 0.258 e. The lowest BCUT2D eigenvalue weighted by atomic mass is 10.1. The standard InChI is InChI=1S/C15H15NO2/c1-11-5-3-6-12(9-11)15(18)16(2)13-7-4-8-14(17)10-13/h3-10,17H,1-2H3. The maximum atomic E-state index is 12.3. The van der Waals surface area contributed by atoms with Gasteiger partial charge in [-0.3, -0.25) is 4.79 Å². The molecule has 0 aliphatic heterocycles. The van der Waals surface area contributed by atoms with Crippen LogP contribution < -0.4 is 4.90 Å². The number of aromatic hydroxyl groups is 1. The van der Waals surface area contributed by atoms with Crippen molar-refractivity contribution < 1.29 is 9.90 Å². The minimum atomic E-state index is -0.0932. The Bertz CT molecular complexity index is 578. The minimum Gasteiger partial charge on any atom is -0.508 e. The number of anilines is 1. The monoisotopic (exact) mass is 241 g/mol. The van der Waals surface area contributed by atoms with Crippen LogP contribution in [0.2, 0.25) is 0 Å². The fraction of sp³-hybridized carbons (Fsp3) is 0.133. The molecule has 0 saturated heterocycles. The van der Waals surface area contributed by atoms with Crippen molar-refractivity contribution in [1.29, 1.82) is 0 Å². The van der Waals surface area contributed by atoms with Gasteiger partial charge < -0.3 is 10.0 Å². The summed E-state index contributed by atoms with van der Waals surface area (Å²) in [5, 5.41) is 9.42. The predicted octanol–water partition coefficient (Wildman–Crippen LogP) is 2.98. The highest BCUT2D eigenvalue weighted by molar-refractivity contribution is 6.05. The van der Waals surface area contributed by atoms with E-state index in [9.17, 15) is 9.90 Å². The summed E-state index contributed by atoms with van der Waals surface area (Å²) in [6.45, 7) is 1.95. The van der Waals surface area contributed by atoms with Gasteiger partial charge in [0.2, 0.25) is 0 Å². The second-order valence-electron chi connectivity index (χ2n) is 4.25. The number of nitrogens with zero attached hydrogens (tertiary/aromatic N) is 1. The number of hydrogen-bond donors (Lipinski definition) is 1. The molecule has 0 spiro atoms. The number of phenolic OH excluding ortho intramolecular Hbond substituents is 1. The zero-order valence-corrected chi connectivity index (χ0v) is 10.4. The van der Waals surface area contributed by atoms with Gasteiger partial charge >= 0.3 is 0 Å². The number of amides is 1. The fourth-order valence-electron chi connectivity index (χ4n) is 1.79. The molecule has 0 saturated carbocycles. The van der Waals surface area contributed by atoms with Crippen LogP contribution >= 0.6 is 0 Å². The summed E-state index contributed by atoms with van der Waals surface area (Å²) in [6.07, 6.45) is 0. The minimum absolute atomic E-state index is 0.0932. The fourth-order valence-corrected chi connectivity index (χ4v) is 1.79. The van der Waals surface area contributed by atoms with Crippen LogP contribution in [0, 0.1) is 6.92 Å². The number of benzene rings is 2. The molecule has 0 aromatic heterocycles. The summed E-state index contributed by atoms with van der Waals surface area (Å²) in [7, 11) is 1.69. The van der Waals surface area contributed by atoms with Gasteiger partial charge in [0.25, 0.3) is 5.91 Å². The molecule has 92 valence electrons. The van der Waals surface area contributed by atoms with Gasteiger partial charge in [0.1, 0.15) is 5.75 Å². The highest BCUT2D eigenvalue weighted by Crippen LogP contribution is 2.20. The van der Waals surface area contributed by atoms with Crippen molar-refractivity contribution in [3.63, 3.8) is 0 Å². The quantitative estimate of drug-likeness (QED) is 0.878. The third-order valence-corrected chi connectivity index (χ3v) is 2.79. The van der Waals surface area contributed by atoms with Gasteiger partial charge in [0, 0.05) is 24.4 Å². The molecule has 2 aromatic carbocycles. The molecule has 2 rings (SSSR count). The third kappa shape index (κ3) is 2.51. The summed E-state index contributed by atoms with van der Waals surface area (Å²) >= 11 is 0. The number of carbonyl (C=O) groups excluding carboxylic acids is 1. The predicted molar refractivity (Wildman–Crippen MR) is 72.0 cm³/mol. The number of aryl methyl sites for hydroxylation is 1. The normalized spacial score (nSPS) is 10.1. The molecule has 0 aliphatic rings. The Morgan fingerprint density at radius 2 is 1.83 bits per heavy atom. The van der Waals surface area contributed by atoms with E-state index in [-0.39, 0.29) is 11.7 Å². The SMILES string of the molecule is Cc1cccc(C(=O)N(C)c2cccc(O)c2)c1. The second-order valence-corrected chi connectivity index (χ2v) is 4.25. The topological polar surface area (TPSA) is 40.5 Å². The van der Waals surface area contributed by atoms with E-state index in [0.717, 1.165) is 5.56 Å². The largest absolute Gasteiger partial charge is 0.508 e. The Kier molecular flexibility index (Phi) is 3.33. The first kappa shape index (κ1) is 12.2. The van der Waals surface area contributed by atoms with Crippen molar-refractivity contribution in [1.82, 2.24) is 0 Å². The second kappa shape index (κ2) is 4.92. The van der Waals surface area contributed by atoms with Crippen molar-refractivity contribution in [3.05, 3.63) is 59.7 Å². The Hall–Kier alpha value is -2.29. The molecule has 0 radical (unpaired) electrons. The Morgan fingerprint density at radius 3 is 2.50 bits per heavy atom. The van der Waals surface area contributed by atoms with Gasteiger partial charge in [-0.05, 0) is 31.2 Å². The van der Waals surface area contributed by atoms with E-state index in [0.29, 0.717) is 11.3 Å². The molecule has 2 aromatic rings. The maximum absolute atomic E-state index is 12.3. The van der Waals surface area contributed by atoms with E-state index in [1.807, 2.05) is 25.1 Å². The first-order chi connectivity index (χ1) is 8.58. The lowest BCUT2D eigenvalue weighted by molar-refractivity contribution is 0.0993. The molecular weight excluding hydrogens is 226 g/mol. The lowest BCUT2D eigenvalue weighted by Crippen LogP contribution is -2.26. The van der Waals surface area contributed by atoms with Crippen molar-refractivity contribution >= 4 is 11.6 Å². The van der Waals surface area contributed by atoms with E-state index in [4.69, 9.17) is 0 Å². The van der Waals surface area contributed by atoms with Crippen LogP contribution in [0.15, 0.2) is 48.5 Å². The van der Waals surface area contributed by atoms with E-state index in [1.165, 1.54) is 4.90 Å². The van der Waals surface area contributed by atoms with E-state index in [1.54, 1.807) is 37.4 Å². The van der Waals surface area contributed by atoms with Crippen molar-refractivity contribution in [3.8, 4) is 5.75 Å². The molecule has 18 heavy (non-hydrogen) atoms. The van der Waals surface area contributed by atoms with Crippen LogP contribution in [0.1, 0.15) is 15.9 Å². The number of carbonyl (C=O) groups is 1. The van der Waals surface area contributed by atoms with Gasteiger partial charge in [-0.2, -0.15) is 0 Å². The van der Waals surface area contributed by atoms with Crippen LogP contribution in [0.4, 0.5) is 5.69 Å². The summed E-state index contributed by atoms with van der Waals surface area (Å²) in [4.78, 5) is 13.8. The summed E-state index contributed by atoms with van der Waals surface area (Å²) < 4.78 is 0. The smallest absolute Gasteiger partial charge is 0.258 e. The molecule has 0 unspecified atom stereocenters. The summed E-state index contributed by atoms with van der Waals surface area (Å²) in [5.74, 6) is 0.0562. The van der Waals surface area contributed by atoms with Crippen LogP contribution in [0.25, 0.3) is 0 Å². The first-order valence-electron chi connectivity index (χ1n) is 5.71. The number of phenols is 1. The van der Waals surface area contributed by atoms with Gasteiger partial charge in [0.15, 0.2) is 0 Å². The summed E-state index contributed by atoms with van der Waals surface area (Å²) in [5.41, 5.74) is 2.35. The van der Waals surface area contributed by atoms with Crippen LogP contribution in [-0.4, -0.2) is 18.1 Å². The van der Waals surface area contributed by atoms with Crippen LogP contribution in [0.5, 0.6) is 5.75 Å². The lowest BCUT2D eigenvalue weighted by Gasteiger charge is -2.17. The van der Waals surface area contributed by atoms with E-state index >= 15 is 0 Å². The van der Waals surface area contributed by atoms with Crippen molar-refractivity contribution in [2.45, 2.75) is 6.92 Å². The summed E-state index contributed by atoms with van der Waals surface area (Å²) in [6, 6.07) is 14.1. The third-order valence-electron chi connectivity index (χ3n) is 2.79. The molecule has 0 bridgehead atoms. The molecule has 0 fully saturated rings. The Morgan fingerprint density at radius 1 is 1.11 bits per heavy atom. The zero-order chi connectivity index (χ0) is 13.1. The van der Waals surface area contributed by atoms with Gasteiger partial charge in [-0.1, -0.05) is 23.8 Å². The van der Waals surface area contributed by atoms with Gasteiger partial charge in [0.05, 0.1) is 0 Å². The Labute approximate surface area is 106 Å². The number of rotatable bonds is 2. The molecule has 0 heterocycles. The molecular formula is C15H15NO2. The number of hydrogen-bond acceptors (Lipinski definition) is 2. The molecule has 3 nitrogen and oxygen atoms in total. The molecule has 0 atom stereocenters. The first-order valence-corrected chi connectivity index (χ1v) is 5.71. The van der Waals surface area contributed by atoms with Crippen LogP contribution in [-0.2, 0) is 0 Å². The van der Waals surface area contributed by atoms with E-state index < -0.39 is 0 Å². The average Bonchev–Trinajstić information content (AvgIpc) is 2.37. The van der Waals surface area contributed by atoms with Crippen LogP contribution in [0.3, 0.4) is 0 Å². The Balaban J connectivity index is 2.29. The van der Waals surface area contributed by atoms with Gasteiger partial charge in [-0.25, -0.2) is 0 Å². The molecule has 1 amide bonds. The van der Waals surface area contributed by atoms with Crippen molar-refractivity contribution in [2.24, 2.45) is 0 Å². The average molecular weight is 241 g/mol. The van der Waals surface area contributed by atoms with E-state index in [2.05, 4.69) is 0 Å². The highest BCUT2D eigenvalue weighted by Gasteiger charge is 2.13. The van der Waals surface area contributed by atoms with Gasteiger partial charge in [-0.15, -0.1) is 0 Å².